The third-order valence-electron chi connectivity index (χ3n) is 1.30. The molecule has 0 saturated heterocycles. The second-order valence-corrected chi connectivity index (χ2v) is 2.09. The smallest absolute Gasteiger partial charge is 0.160 e. The lowest BCUT2D eigenvalue weighted by Crippen LogP contribution is -1.98. The minimum Gasteiger partial charge on any atom is -0.392 e. The van der Waals surface area contributed by atoms with Gasteiger partial charge in [0, 0.05) is 12.8 Å². The lowest BCUT2D eigenvalue weighted by atomic mass is 10.2. The number of rotatable bonds is 0. The summed E-state index contributed by atoms with van der Waals surface area (Å²) in [5.74, 6) is 0.0116. The average Bonchev–Trinajstić information content (AvgIpc) is 1.85. The van der Waals surface area contributed by atoms with Crippen LogP contribution in [-0.2, 0) is 4.79 Å². The highest BCUT2D eigenvalue weighted by Crippen LogP contribution is 2.18. The van der Waals surface area contributed by atoms with E-state index in [0.717, 1.165) is 0 Å². The first-order valence-corrected chi connectivity index (χ1v) is 2.59. The van der Waals surface area contributed by atoms with E-state index < -0.39 is 6.10 Å². The van der Waals surface area contributed by atoms with Crippen molar-refractivity contribution in [3.63, 3.8) is 0 Å². The Hall–Kier alpha value is -0.630. The Kier molecular flexibility index (Phi) is 1.18. The molecule has 1 aliphatic rings. The van der Waals surface area contributed by atoms with E-state index in [-0.39, 0.29) is 12.2 Å². The van der Waals surface area contributed by atoms with Gasteiger partial charge >= 0.3 is 0 Å². The molecule has 2 nitrogen and oxygen atoms in total. The van der Waals surface area contributed by atoms with Crippen LogP contribution in [0.5, 0.6) is 0 Å². The van der Waals surface area contributed by atoms with Gasteiger partial charge in [-0.15, -0.1) is 0 Å². The summed E-state index contributed by atoms with van der Waals surface area (Å²) in [6.45, 7) is 3.48. The Balaban J connectivity index is 2.64. The largest absolute Gasteiger partial charge is 0.392 e. The van der Waals surface area contributed by atoms with E-state index in [1.54, 1.807) is 0 Å². The minimum atomic E-state index is -0.449. The van der Waals surface area contributed by atoms with Crippen LogP contribution >= 0.6 is 0 Å². The number of aliphatic hydroxyl groups is 1. The molecule has 0 aromatic rings. The average molecular weight is 112 g/mol. The van der Waals surface area contributed by atoms with Crippen molar-refractivity contribution in [3.8, 4) is 0 Å². The maximum absolute atomic E-state index is 10.5. The fraction of sp³-hybridized carbons (Fsp3) is 0.500. The summed E-state index contributed by atoms with van der Waals surface area (Å²) in [4.78, 5) is 10.5. The van der Waals surface area contributed by atoms with Gasteiger partial charge in [-0.2, -0.15) is 0 Å². The Morgan fingerprint density at radius 1 is 1.62 bits per heavy atom. The van der Waals surface area contributed by atoms with Crippen molar-refractivity contribution >= 4 is 5.78 Å². The Morgan fingerprint density at radius 2 is 2.25 bits per heavy atom. The van der Waals surface area contributed by atoms with Crippen molar-refractivity contribution in [3.05, 3.63) is 12.2 Å². The molecule has 0 amide bonds. The Labute approximate surface area is 47.8 Å². The highest BCUT2D eigenvalue weighted by atomic mass is 16.3. The van der Waals surface area contributed by atoms with Gasteiger partial charge in [-0.1, -0.05) is 6.58 Å². The minimum absolute atomic E-state index is 0.0116. The number of aliphatic hydroxyl groups excluding tert-OH is 1. The van der Waals surface area contributed by atoms with Gasteiger partial charge in [0.05, 0.1) is 6.10 Å². The molecule has 0 heterocycles. The summed E-state index contributed by atoms with van der Waals surface area (Å²) in [6, 6.07) is 0. The zero-order chi connectivity index (χ0) is 6.15. The molecule has 2 heteroatoms. The van der Waals surface area contributed by atoms with Crippen LogP contribution in [0.25, 0.3) is 0 Å². The fourth-order valence-corrected chi connectivity index (χ4v) is 0.829. The van der Waals surface area contributed by atoms with Gasteiger partial charge < -0.3 is 5.11 Å². The van der Waals surface area contributed by atoms with Gasteiger partial charge in [0.2, 0.25) is 0 Å². The molecule has 1 aliphatic carbocycles. The van der Waals surface area contributed by atoms with Crippen LogP contribution in [-0.4, -0.2) is 17.0 Å². The van der Waals surface area contributed by atoms with Gasteiger partial charge in [0.15, 0.2) is 5.78 Å². The normalized spacial score (nSPS) is 29.4. The first-order chi connectivity index (χ1) is 3.70. The summed E-state index contributed by atoms with van der Waals surface area (Å²) in [5, 5.41) is 8.79. The first kappa shape index (κ1) is 5.51. The van der Waals surface area contributed by atoms with Crippen LogP contribution in [0.2, 0.25) is 0 Å². The lowest BCUT2D eigenvalue weighted by molar-refractivity contribution is -0.115. The monoisotopic (exact) mass is 112 g/mol. The second-order valence-electron chi connectivity index (χ2n) is 2.09. The third kappa shape index (κ3) is 0.793. The van der Waals surface area contributed by atoms with Crippen LogP contribution < -0.4 is 0 Å². The fourth-order valence-electron chi connectivity index (χ4n) is 0.829. The standard InChI is InChI=1S/C6H8O2/c1-4-2-5(7)3-6(4)8/h5,7H,1-3H2. The van der Waals surface area contributed by atoms with Crippen molar-refractivity contribution in [2.75, 3.05) is 0 Å². The summed E-state index contributed by atoms with van der Waals surface area (Å²) >= 11 is 0. The SMILES string of the molecule is C=C1CC(O)CC1=O. The zero-order valence-electron chi connectivity index (χ0n) is 4.55. The van der Waals surface area contributed by atoms with Crippen LogP contribution in [0.3, 0.4) is 0 Å². The molecule has 0 aliphatic heterocycles. The van der Waals surface area contributed by atoms with Gasteiger partial charge in [0.25, 0.3) is 0 Å². The molecular formula is C6H8O2. The van der Waals surface area contributed by atoms with Crippen molar-refractivity contribution in [2.24, 2.45) is 0 Å². The van der Waals surface area contributed by atoms with Crippen molar-refractivity contribution in [1.29, 1.82) is 0 Å². The summed E-state index contributed by atoms with van der Waals surface area (Å²) < 4.78 is 0. The molecule has 0 spiro atoms. The van der Waals surface area contributed by atoms with E-state index in [4.69, 9.17) is 5.11 Å². The van der Waals surface area contributed by atoms with Crippen LogP contribution in [0.15, 0.2) is 12.2 Å². The van der Waals surface area contributed by atoms with E-state index in [9.17, 15) is 4.79 Å². The number of ketones is 1. The Bertz CT molecular complexity index is 121. The predicted octanol–water partition coefficient (Wildman–Crippen LogP) is 0.266. The van der Waals surface area contributed by atoms with Crippen LogP contribution in [0.1, 0.15) is 12.8 Å². The van der Waals surface area contributed by atoms with Gasteiger partial charge in [-0.25, -0.2) is 0 Å². The maximum atomic E-state index is 10.5. The van der Waals surface area contributed by atoms with Crippen molar-refractivity contribution in [2.45, 2.75) is 18.9 Å². The number of carbonyl (C=O) groups is 1. The molecule has 0 bridgehead atoms. The first-order valence-electron chi connectivity index (χ1n) is 2.59. The van der Waals surface area contributed by atoms with E-state index in [1.807, 2.05) is 0 Å². The van der Waals surface area contributed by atoms with Crippen LogP contribution in [0.4, 0.5) is 0 Å². The molecule has 0 aromatic carbocycles. The maximum Gasteiger partial charge on any atom is 0.160 e. The quantitative estimate of drug-likeness (QED) is 0.456. The van der Waals surface area contributed by atoms with E-state index in [1.165, 1.54) is 0 Å². The Morgan fingerprint density at radius 3 is 2.38 bits per heavy atom. The summed E-state index contributed by atoms with van der Waals surface area (Å²) in [5.41, 5.74) is 0.567. The molecule has 1 fully saturated rings. The molecule has 1 saturated carbocycles. The summed E-state index contributed by atoms with van der Waals surface area (Å²) in [7, 11) is 0. The van der Waals surface area contributed by atoms with E-state index in [0.29, 0.717) is 12.0 Å². The van der Waals surface area contributed by atoms with Crippen LogP contribution in [0, 0.1) is 0 Å². The molecular weight excluding hydrogens is 104 g/mol. The second kappa shape index (κ2) is 1.71. The van der Waals surface area contributed by atoms with Gasteiger partial charge in [0.1, 0.15) is 0 Å². The van der Waals surface area contributed by atoms with Crippen molar-refractivity contribution < 1.29 is 9.90 Å². The number of hydrogen-bond donors (Lipinski definition) is 1. The van der Waals surface area contributed by atoms with Gasteiger partial charge in [-0.3, -0.25) is 4.79 Å². The zero-order valence-corrected chi connectivity index (χ0v) is 4.55. The number of hydrogen-bond acceptors (Lipinski definition) is 2. The highest BCUT2D eigenvalue weighted by molar-refractivity contribution is 5.97. The molecule has 8 heavy (non-hydrogen) atoms. The molecule has 1 atom stereocenters. The lowest BCUT2D eigenvalue weighted by Gasteiger charge is -1.90. The van der Waals surface area contributed by atoms with E-state index >= 15 is 0 Å². The van der Waals surface area contributed by atoms with Crippen molar-refractivity contribution in [1.82, 2.24) is 0 Å². The number of Topliss-reactive ketones (excluding diaryl/α,β-unsaturated/α-hetero) is 1. The highest BCUT2D eigenvalue weighted by Gasteiger charge is 2.22. The third-order valence-corrected chi connectivity index (χ3v) is 1.30. The predicted molar refractivity (Wildman–Crippen MR) is 29.4 cm³/mol. The molecule has 1 N–H and O–H groups in total. The molecule has 0 radical (unpaired) electrons. The summed E-state index contributed by atoms with van der Waals surface area (Å²) in [6.07, 6.45) is 0.299. The van der Waals surface area contributed by atoms with Gasteiger partial charge in [-0.05, 0) is 5.57 Å². The molecule has 44 valence electrons. The number of carbonyl (C=O) groups excluding carboxylic acids is 1. The molecule has 1 unspecified atom stereocenters. The van der Waals surface area contributed by atoms with E-state index in [2.05, 4.69) is 6.58 Å². The topological polar surface area (TPSA) is 37.3 Å². The molecule has 0 aromatic heterocycles. The molecule has 1 rings (SSSR count).